The Kier molecular flexibility index (Phi) is 11.6. The SMILES string of the molecule is CCCCc1ccnc(-n2c3[c-]c(Oc4[c-]c(-n5nc(C)c(-c6c(C(C)(C)C)cc(C)cc6C(C)(C)C)c5C)cc(C(C)C)c4)ccc3c3ccccc32)c1.[Pt+2]. The number of ether oxygens (including phenoxy) is 1. The van der Waals surface area contributed by atoms with Crippen LogP contribution in [-0.4, -0.2) is 19.3 Å². The first-order chi connectivity index (χ1) is 26.0. The van der Waals surface area contributed by atoms with Crippen LogP contribution in [-0.2, 0) is 38.3 Å². The number of nitrogens with zero attached hydrogens (tertiary/aromatic N) is 4. The van der Waals surface area contributed by atoms with E-state index >= 15 is 0 Å². The van der Waals surface area contributed by atoms with Crippen molar-refractivity contribution < 1.29 is 25.8 Å². The van der Waals surface area contributed by atoms with Crippen molar-refractivity contribution in [1.29, 1.82) is 0 Å². The van der Waals surface area contributed by atoms with Gasteiger partial charge in [0.05, 0.1) is 5.69 Å². The largest absolute Gasteiger partial charge is 2.00 e. The molecule has 0 saturated heterocycles. The number of aromatic nitrogens is 4. The topological polar surface area (TPSA) is 44.9 Å². The molecule has 0 saturated carbocycles. The second-order valence-electron chi connectivity index (χ2n) is 17.7. The number of hydrogen-bond donors (Lipinski definition) is 0. The fraction of sp³-hybridized carbons (Fsp3) is 0.360. The van der Waals surface area contributed by atoms with E-state index in [0.717, 1.165) is 69.5 Å². The Labute approximate surface area is 348 Å². The maximum atomic E-state index is 6.72. The Balaban J connectivity index is 0.00000532. The predicted octanol–water partition coefficient (Wildman–Crippen LogP) is 13.4. The number of rotatable bonds is 9. The van der Waals surface area contributed by atoms with Gasteiger partial charge in [-0.2, -0.15) is 11.2 Å². The molecule has 0 bridgehead atoms. The van der Waals surface area contributed by atoms with Crippen molar-refractivity contribution in [3.05, 3.63) is 130 Å². The number of hydrogen-bond acceptors (Lipinski definition) is 3. The zero-order chi connectivity index (χ0) is 39.4. The van der Waals surface area contributed by atoms with E-state index in [0.29, 0.717) is 11.5 Å². The van der Waals surface area contributed by atoms with Crippen molar-refractivity contribution in [3.63, 3.8) is 0 Å². The molecule has 7 rings (SSSR count). The third kappa shape index (κ3) is 7.90. The molecule has 0 N–H and O–H groups in total. The molecular weight excluding hydrogens is 868 g/mol. The minimum atomic E-state index is -0.0513. The predicted molar refractivity (Wildman–Crippen MR) is 230 cm³/mol. The van der Waals surface area contributed by atoms with Crippen LogP contribution in [0.15, 0.2) is 79.0 Å². The molecule has 0 atom stereocenters. The second-order valence-corrected chi connectivity index (χ2v) is 17.7. The Bertz CT molecular complexity index is 2500. The fourth-order valence-corrected chi connectivity index (χ4v) is 7.94. The molecule has 6 heteroatoms. The molecule has 3 heterocycles. The summed E-state index contributed by atoms with van der Waals surface area (Å²) in [5.41, 5.74) is 13.8. The minimum absolute atomic E-state index is 0. The van der Waals surface area contributed by atoms with E-state index in [4.69, 9.17) is 14.8 Å². The van der Waals surface area contributed by atoms with Gasteiger partial charge in [0.2, 0.25) is 0 Å². The maximum Gasteiger partial charge on any atom is 2.00 e. The van der Waals surface area contributed by atoms with Crippen molar-refractivity contribution in [2.24, 2.45) is 0 Å². The molecule has 0 unspecified atom stereocenters. The van der Waals surface area contributed by atoms with E-state index in [1.165, 1.54) is 33.4 Å². The van der Waals surface area contributed by atoms with Gasteiger partial charge >= 0.3 is 21.1 Å². The van der Waals surface area contributed by atoms with Gasteiger partial charge in [-0.1, -0.05) is 110 Å². The Hall–Kier alpha value is -4.47. The first-order valence-corrected chi connectivity index (χ1v) is 19.9. The number of aryl methyl sites for hydroxylation is 3. The molecule has 0 fully saturated rings. The zero-order valence-corrected chi connectivity index (χ0v) is 37.5. The van der Waals surface area contributed by atoms with Gasteiger partial charge in [0.1, 0.15) is 5.82 Å². The summed E-state index contributed by atoms with van der Waals surface area (Å²) in [5, 5.41) is 7.49. The van der Waals surface area contributed by atoms with Crippen LogP contribution in [0.25, 0.3) is 44.4 Å². The van der Waals surface area contributed by atoms with Crippen LogP contribution in [0.5, 0.6) is 11.5 Å². The molecular formula is C50H56N4OPt. The summed E-state index contributed by atoms with van der Waals surface area (Å²) in [6.07, 6.45) is 5.26. The Morgan fingerprint density at radius 1 is 0.768 bits per heavy atom. The molecule has 56 heavy (non-hydrogen) atoms. The van der Waals surface area contributed by atoms with E-state index in [9.17, 15) is 0 Å². The summed E-state index contributed by atoms with van der Waals surface area (Å²) in [5.74, 6) is 2.42. The molecule has 7 aromatic rings. The van der Waals surface area contributed by atoms with Crippen molar-refractivity contribution in [2.45, 2.75) is 119 Å². The van der Waals surface area contributed by atoms with Gasteiger partial charge in [-0.25, -0.2) is 4.98 Å². The van der Waals surface area contributed by atoms with E-state index < -0.39 is 0 Å². The fourth-order valence-electron chi connectivity index (χ4n) is 7.94. The van der Waals surface area contributed by atoms with Crippen LogP contribution < -0.4 is 4.74 Å². The van der Waals surface area contributed by atoms with Gasteiger partial charge in [0, 0.05) is 34.5 Å². The standard InChI is InChI=1S/C50H56N4O.Pt/c1-13-14-17-35-22-23-51-46(26-35)53-44-19-16-15-18-40(44)41-21-20-38(30-45(41)53)55-39-28-36(31(2)3)27-37(29-39)54-34(6)47(33(5)52-54)48-42(49(7,8)9)24-32(4)25-43(48)50(10,11)12;/h15-16,18-28,31H,13-14,17H2,1-12H3;/q-2;+2. The normalized spacial score (nSPS) is 12.2. The average molecular weight is 924 g/mol. The van der Waals surface area contributed by atoms with Gasteiger partial charge in [0.25, 0.3) is 0 Å². The molecule has 0 radical (unpaired) electrons. The van der Waals surface area contributed by atoms with E-state index in [2.05, 4.69) is 171 Å². The molecule has 0 amide bonds. The summed E-state index contributed by atoms with van der Waals surface area (Å²) in [6, 6.07) is 33.3. The third-order valence-electron chi connectivity index (χ3n) is 10.8. The number of fused-ring (bicyclic) bond motifs is 3. The molecule has 0 aliphatic carbocycles. The van der Waals surface area contributed by atoms with Crippen molar-refractivity contribution in [2.75, 3.05) is 0 Å². The molecule has 0 aliphatic heterocycles. The van der Waals surface area contributed by atoms with E-state index in [-0.39, 0.29) is 37.8 Å². The molecule has 4 aromatic carbocycles. The third-order valence-corrected chi connectivity index (χ3v) is 10.8. The number of para-hydroxylation sites is 1. The number of pyridine rings is 1. The first kappa shape index (κ1) is 41.2. The van der Waals surface area contributed by atoms with Gasteiger partial charge in [-0.15, -0.1) is 41.3 Å². The molecule has 3 aromatic heterocycles. The monoisotopic (exact) mass is 923 g/mol. The van der Waals surface area contributed by atoms with Gasteiger partial charge in [-0.05, 0) is 102 Å². The summed E-state index contributed by atoms with van der Waals surface area (Å²) >= 11 is 0. The van der Waals surface area contributed by atoms with Crippen LogP contribution in [0.4, 0.5) is 0 Å². The van der Waals surface area contributed by atoms with Crippen molar-refractivity contribution in [3.8, 4) is 34.1 Å². The summed E-state index contributed by atoms with van der Waals surface area (Å²) in [6.45, 7) is 27.1. The summed E-state index contributed by atoms with van der Waals surface area (Å²) < 4.78 is 11.0. The van der Waals surface area contributed by atoms with Crippen LogP contribution in [0.2, 0.25) is 0 Å². The first-order valence-electron chi connectivity index (χ1n) is 19.9. The molecule has 292 valence electrons. The van der Waals surface area contributed by atoms with Crippen LogP contribution in [0.1, 0.15) is 120 Å². The number of unbranched alkanes of at least 4 members (excludes halogenated alkanes) is 1. The minimum Gasteiger partial charge on any atom is -0.509 e. The van der Waals surface area contributed by atoms with Crippen molar-refractivity contribution in [1.82, 2.24) is 19.3 Å². The van der Waals surface area contributed by atoms with Crippen molar-refractivity contribution >= 4 is 21.8 Å². The molecule has 0 aliphatic rings. The Morgan fingerprint density at radius 3 is 2.12 bits per heavy atom. The van der Waals surface area contributed by atoms with E-state index in [1.807, 2.05) is 12.3 Å². The van der Waals surface area contributed by atoms with Crippen LogP contribution in [0.3, 0.4) is 0 Å². The quantitative estimate of drug-likeness (QED) is 0.136. The maximum absolute atomic E-state index is 6.72. The zero-order valence-electron chi connectivity index (χ0n) is 35.2. The second kappa shape index (κ2) is 15.8. The van der Waals surface area contributed by atoms with Crippen LogP contribution in [0, 0.1) is 32.9 Å². The number of benzene rings is 4. The molecule has 5 nitrogen and oxygen atoms in total. The average Bonchev–Trinajstić information content (AvgIpc) is 3.62. The summed E-state index contributed by atoms with van der Waals surface area (Å²) in [4.78, 5) is 4.85. The summed E-state index contributed by atoms with van der Waals surface area (Å²) in [7, 11) is 0. The van der Waals surface area contributed by atoms with Gasteiger partial charge in [-0.3, -0.25) is 4.68 Å². The van der Waals surface area contributed by atoms with Gasteiger partial charge < -0.3 is 9.30 Å². The smallest absolute Gasteiger partial charge is 0.509 e. The Morgan fingerprint density at radius 2 is 1.46 bits per heavy atom. The van der Waals surface area contributed by atoms with Gasteiger partial charge in [0.15, 0.2) is 0 Å². The van der Waals surface area contributed by atoms with Crippen LogP contribution >= 0.6 is 0 Å². The van der Waals surface area contributed by atoms with E-state index in [1.54, 1.807) is 0 Å². The molecule has 0 spiro atoms.